The first-order chi connectivity index (χ1) is 21.0. The van der Waals surface area contributed by atoms with E-state index in [2.05, 4.69) is 10.1 Å². The van der Waals surface area contributed by atoms with Gasteiger partial charge in [0.1, 0.15) is 40.5 Å². The lowest BCUT2D eigenvalue weighted by molar-refractivity contribution is -0.265. The summed E-state index contributed by atoms with van der Waals surface area (Å²) in [5.74, 6) is -3.18. The second-order valence-corrected chi connectivity index (χ2v) is 10.8. The largest absolute Gasteiger partial charge is 0.494 e. The summed E-state index contributed by atoms with van der Waals surface area (Å²) >= 11 is 5.90. The Labute approximate surface area is 254 Å². The zero-order chi connectivity index (χ0) is 33.1. The van der Waals surface area contributed by atoms with E-state index < -0.39 is 58.6 Å². The second kappa shape index (κ2) is 11.1. The third kappa shape index (κ3) is 5.37. The molecule has 0 spiro atoms. The Hall–Kier alpha value is -4.57. The average molecular weight is 658 g/mol. The van der Waals surface area contributed by atoms with Gasteiger partial charge in [-0.2, -0.15) is 27.1 Å². The number of amides is 2. The molecule has 4 aromatic rings. The molecule has 238 valence electrons. The van der Waals surface area contributed by atoms with Crippen LogP contribution in [0.4, 0.5) is 26.3 Å². The highest BCUT2D eigenvalue weighted by Crippen LogP contribution is 2.48. The number of pyridine rings is 1. The van der Waals surface area contributed by atoms with Crippen LogP contribution in [0.15, 0.2) is 42.6 Å². The van der Waals surface area contributed by atoms with Gasteiger partial charge in [-0.05, 0) is 43.3 Å². The van der Waals surface area contributed by atoms with Crippen LogP contribution in [0.25, 0.3) is 22.2 Å². The number of benzene rings is 2. The number of aliphatic hydroxyl groups is 1. The van der Waals surface area contributed by atoms with E-state index in [1.165, 1.54) is 14.0 Å². The Morgan fingerprint density at radius 2 is 1.96 bits per heavy atom. The molecule has 10 nitrogen and oxygen atoms in total. The van der Waals surface area contributed by atoms with Gasteiger partial charge in [-0.3, -0.25) is 9.59 Å². The van der Waals surface area contributed by atoms with E-state index in [4.69, 9.17) is 26.8 Å². The highest BCUT2D eigenvalue weighted by Gasteiger charge is 2.57. The quantitative estimate of drug-likeness (QED) is 0.235. The zero-order valence-corrected chi connectivity index (χ0v) is 23.9. The molecule has 3 heterocycles. The fourth-order valence-electron chi connectivity index (χ4n) is 4.79. The van der Waals surface area contributed by atoms with Crippen molar-refractivity contribution in [3.8, 4) is 22.8 Å². The van der Waals surface area contributed by atoms with Crippen LogP contribution < -0.4 is 20.5 Å². The minimum absolute atomic E-state index is 0.00785. The van der Waals surface area contributed by atoms with Crippen molar-refractivity contribution < 1.29 is 50.5 Å². The van der Waals surface area contributed by atoms with Crippen molar-refractivity contribution in [2.45, 2.75) is 30.7 Å². The number of nitrogens with two attached hydrogens (primary N) is 1. The van der Waals surface area contributed by atoms with Crippen molar-refractivity contribution in [2.24, 2.45) is 5.73 Å². The lowest BCUT2D eigenvalue weighted by atomic mass is 9.81. The Bertz CT molecular complexity index is 1850. The van der Waals surface area contributed by atoms with Crippen LogP contribution >= 0.6 is 11.6 Å². The Morgan fingerprint density at radius 3 is 2.56 bits per heavy atom. The van der Waals surface area contributed by atoms with Crippen LogP contribution in [0.3, 0.4) is 0 Å². The smallest absolute Gasteiger partial charge is 0.424 e. The van der Waals surface area contributed by atoms with Crippen LogP contribution in [0, 0.1) is 5.82 Å². The summed E-state index contributed by atoms with van der Waals surface area (Å²) in [7, 11) is 1.18. The number of hydrogen-bond acceptors (Lipinski definition) is 7. The zero-order valence-electron chi connectivity index (χ0n) is 23.2. The number of primary amides is 1. The number of halogens is 7. The maximum atomic E-state index is 14.7. The topological polar surface area (TPSA) is 142 Å². The molecule has 2 amide bonds. The van der Waals surface area contributed by atoms with E-state index >= 15 is 0 Å². The minimum Gasteiger partial charge on any atom is -0.494 e. The van der Waals surface area contributed by atoms with E-state index in [1.54, 1.807) is 0 Å². The van der Waals surface area contributed by atoms with Crippen LogP contribution in [0.2, 0.25) is 5.02 Å². The molecule has 1 aliphatic rings. The number of rotatable bonds is 8. The fourth-order valence-corrected chi connectivity index (χ4v) is 4.97. The molecule has 4 N–H and O–H groups in total. The highest BCUT2D eigenvalue weighted by atomic mass is 35.5. The van der Waals surface area contributed by atoms with Crippen molar-refractivity contribution >= 4 is 34.3 Å². The number of fused-ring (bicyclic) bond motifs is 2. The van der Waals surface area contributed by atoms with Crippen LogP contribution in [0.5, 0.6) is 11.5 Å². The van der Waals surface area contributed by atoms with E-state index in [9.17, 15) is 41.0 Å². The summed E-state index contributed by atoms with van der Waals surface area (Å²) in [5.41, 5.74) is -1.80. The molecule has 0 saturated heterocycles. The number of nitrogens with zero attached hydrogens (tertiary/aromatic N) is 3. The third-order valence-corrected chi connectivity index (χ3v) is 7.77. The number of carbonyl (C=O) groups excluding carboxylic acids is 2. The van der Waals surface area contributed by atoms with Crippen molar-refractivity contribution in [3.05, 3.63) is 70.3 Å². The maximum absolute atomic E-state index is 14.7. The summed E-state index contributed by atoms with van der Waals surface area (Å²) in [4.78, 5) is 29.5. The van der Waals surface area contributed by atoms with Gasteiger partial charge in [0.05, 0.1) is 24.4 Å². The van der Waals surface area contributed by atoms with Crippen molar-refractivity contribution in [2.75, 3.05) is 20.3 Å². The SMILES string of the molecule is COc1cc(C(=O)NC[C@](O)(c2cc3c(c(-c4ccc(F)c(Cl)c4)n2)OC[C@]3(C)C(N)=O)C(F)(F)F)cc2cn(C(F)F)nc12. The van der Waals surface area contributed by atoms with E-state index in [1.807, 2.05) is 5.32 Å². The molecule has 45 heavy (non-hydrogen) atoms. The molecule has 0 fully saturated rings. The summed E-state index contributed by atoms with van der Waals surface area (Å²) in [6, 6.07) is 6.14. The second-order valence-electron chi connectivity index (χ2n) is 10.4. The number of carbonyl (C=O) groups is 2. The molecule has 2 aromatic carbocycles. The number of nitrogens with one attached hydrogen (secondary N) is 1. The molecule has 5 rings (SSSR count). The Morgan fingerprint density at radius 1 is 1.24 bits per heavy atom. The van der Waals surface area contributed by atoms with Crippen molar-refractivity contribution in [3.63, 3.8) is 0 Å². The van der Waals surface area contributed by atoms with E-state index in [-0.39, 0.29) is 51.4 Å². The normalized spacial score (nSPS) is 17.6. The van der Waals surface area contributed by atoms with Gasteiger partial charge in [0.15, 0.2) is 0 Å². The lowest BCUT2D eigenvalue weighted by Gasteiger charge is -2.31. The number of methoxy groups -OCH3 is 1. The van der Waals surface area contributed by atoms with Gasteiger partial charge in [0.2, 0.25) is 11.5 Å². The molecular formula is C28H22ClF6N5O5. The molecular weight excluding hydrogens is 636 g/mol. The minimum atomic E-state index is -5.47. The van der Waals surface area contributed by atoms with Gasteiger partial charge < -0.3 is 25.6 Å². The molecule has 2 atom stereocenters. The molecule has 0 saturated carbocycles. The number of alkyl halides is 5. The first kappa shape index (κ1) is 31.8. The molecule has 0 aliphatic carbocycles. The van der Waals surface area contributed by atoms with Gasteiger partial charge in [-0.15, -0.1) is 0 Å². The molecule has 0 bridgehead atoms. The van der Waals surface area contributed by atoms with E-state index in [0.717, 1.165) is 42.6 Å². The summed E-state index contributed by atoms with van der Waals surface area (Å²) < 4.78 is 95.3. The predicted molar refractivity (Wildman–Crippen MR) is 147 cm³/mol. The monoisotopic (exact) mass is 657 g/mol. The molecule has 0 radical (unpaired) electrons. The van der Waals surface area contributed by atoms with Crippen LogP contribution in [0.1, 0.15) is 35.1 Å². The lowest BCUT2D eigenvalue weighted by Crippen LogP contribution is -2.51. The first-order valence-electron chi connectivity index (χ1n) is 12.9. The summed E-state index contributed by atoms with van der Waals surface area (Å²) in [5, 5.41) is 16.5. The summed E-state index contributed by atoms with van der Waals surface area (Å²) in [6.07, 6.45) is -4.55. The Kier molecular flexibility index (Phi) is 7.85. The summed E-state index contributed by atoms with van der Waals surface area (Å²) in [6.45, 7) is -3.56. The van der Waals surface area contributed by atoms with Gasteiger partial charge >= 0.3 is 12.7 Å². The Balaban J connectivity index is 1.59. The molecule has 1 aliphatic heterocycles. The van der Waals surface area contributed by atoms with Gasteiger partial charge in [-0.25, -0.2) is 14.1 Å². The number of aromatic nitrogens is 3. The van der Waals surface area contributed by atoms with Gasteiger partial charge in [-0.1, -0.05) is 11.6 Å². The van der Waals surface area contributed by atoms with Crippen LogP contribution in [-0.4, -0.2) is 58.1 Å². The van der Waals surface area contributed by atoms with Crippen LogP contribution in [-0.2, 0) is 15.8 Å². The van der Waals surface area contributed by atoms with E-state index in [0.29, 0.717) is 4.68 Å². The van der Waals surface area contributed by atoms with Gasteiger partial charge in [0.25, 0.3) is 5.91 Å². The number of hydrogen-bond donors (Lipinski definition) is 3. The first-order valence-corrected chi connectivity index (χ1v) is 13.2. The highest BCUT2D eigenvalue weighted by molar-refractivity contribution is 6.31. The van der Waals surface area contributed by atoms with Crippen molar-refractivity contribution in [1.82, 2.24) is 20.1 Å². The molecule has 17 heteroatoms. The average Bonchev–Trinajstić information content (AvgIpc) is 3.58. The fraction of sp³-hybridized carbons (Fsp3) is 0.286. The molecule has 2 aromatic heterocycles. The number of ether oxygens (including phenoxy) is 2. The maximum Gasteiger partial charge on any atom is 0.424 e. The van der Waals surface area contributed by atoms with Crippen molar-refractivity contribution in [1.29, 1.82) is 0 Å². The van der Waals surface area contributed by atoms with Gasteiger partial charge in [0, 0.05) is 28.3 Å². The standard InChI is InChI=1S/C28H22ClF6N5O5/c1-26(24(36)42)11-45-22-15(26)8-19(38-21(22)12-3-4-17(30)16(29)6-12)27(43,28(33,34)35)10-37-23(41)13-5-14-9-40(25(31)32)39-20(14)18(7-13)44-2/h3-9,25,43H,10-11H2,1-2H3,(H2,36,42)(H,37,41)/t26-,27-/m0/s1. The third-order valence-electron chi connectivity index (χ3n) is 7.48. The molecule has 0 unspecified atom stereocenters. The predicted octanol–water partition coefficient (Wildman–Crippen LogP) is 4.61.